The fourth-order valence-electron chi connectivity index (χ4n) is 2.96. The van der Waals surface area contributed by atoms with Crippen LogP contribution in [-0.2, 0) is 4.79 Å². The third kappa shape index (κ3) is 5.07. The molecule has 2 aromatic rings. The minimum Gasteiger partial charge on any atom is -0.362 e. The van der Waals surface area contributed by atoms with E-state index in [-0.39, 0.29) is 17.5 Å². The number of hydrogen-bond acceptors (Lipinski definition) is 3. The molecular weight excluding hydrogens is 328 g/mol. The molecule has 136 valence electrons. The summed E-state index contributed by atoms with van der Waals surface area (Å²) in [5.74, 6) is -0.596. The van der Waals surface area contributed by atoms with Crippen molar-refractivity contribution in [3.8, 4) is 0 Å². The van der Waals surface area contributed by atoms with E-state index in [1.807, 2.05) is 18.2 Å². The monoisotopic (exact) mass is 352 g/mol. The van der Waals surface area contributed by atoms with Crippen LogP contribution < -0.4 is 10.6 Å². The summed E-state index contributed by atoms with van der Waals surface area (Å²) in [6.45, 7) is 3.56. The van der Waals surface area contributed by atoms with Crippen LogP contribution in [0.3, 0.4) is 0 Å². The molecule has 0 aliphatic carbocycles. The predicted octanol–water partition coefficient (Wildman–Crippen LogP) is 2.00. The van der Waals surface area contributed by atoms with E-state index in [1.54, 1.807) is 36.5 Å². The number of carbonyl (C=O) groups excluding carboxylic acids is 2. The van der Waals surface area contributed by atoms with Gasteiger partial charge < -0.3 is 20.5 Å². The molecule has 0 atom stereocenters. The van der Waals surface area contributed by atoms with Crippen molar-refractivity contribution in [1.29, 1.82) is 0 Å². The zero-order chi connectivity index (χ0) is 18.2. The Morgan fingerprint density at radius 3 is 2.54 bits per heavy atom. The van der Waals surface area contributed by atoms with Gasteiger partial charge >= 0.3 is 0 Å². The summed E-state index contributed by atoms with van der Waals surface area (Å²) >= 11 is 0. The summed E-state index contributed by atoms with van der Waals surface area (Å²) < 4.78 is 0. The van der Waals surface area contributed by atoms with Crippen LogP contribution >= 0.6 is 0 Å². The second-order valence-corrected chi connectivity index (χ2v) is 6.31. The lowest BCUT2D eigenvalue weighted by Gasteiger charge is -2.16. The maximum absolute atomic E-state index is 12.6. The Balaban J connectivity index is 1.64. The Hall–Kier alpha value is -2.86. The van der Waals surface area contributed by atoms with Gasteiger partial charge in [-0.1, -0.05) is 18.2 Å². The maximum atomic E-state index is 12.6. The molecule has 1 aliphatic heterocycles. The molecular formula is C20H24N4O2. The van der Waals surface area contributed by atoms with Gasteiger partial charge in [-0.2, -0.15) is 0 Å². The van der Waals surface area contributed by atoms with Crippen molar-refractivity contribution in [3.63, 3.8) is 0 Å². The van der Waals surface area contributed by atoms with E-state index in [9.17, 15) is 9.59 Å². The SMILES string of the molecule is O=C(NCCN1CCCC1)C(=Cc1ccc[nH]1)NC(=O)c1ccccc1. The molecule has 6 nitrogen and oxygen atoms in total. The van der Waals surface area contributed by atoms with Gasteiger partial charge in [-0.25, -0.2) is 0 Å². The Kier molecular flexibility index (Phi) is 6.22. The number of nitrogens with zero attached hydrogens (tertiary/aromatic N) is 1. The first-order valence-electron chi connectivity index (χ1n) is 8.94. The lowest BCUT2D eigenvalue weighted by atomic mass is 10.2. The molecule has 1 saturated heterocycles. The summed E-state index contributed by atoms with van der Waals surface area (Å²) in [5, 5.41) is 5.63. The van der Waals surface area contributed by atoms with Crippen LogP contribution in [-0.4, -0.2) is 47.9 Å². The second-order valence-electron chi connectivity index (χ2n) is 6.31. The number of likely N-dealkylation sites (tertiary alicyclic amines) is 1. The van der Waals surface area contributed by atoms with Crippen molar-refractivity contribution < 1.29 is 9.59 Å². The van der Waals surface area contributed by atoms with Gasteiger partial charge in [0, 0.05) is 30.5 Å². The first-order chi connectivity index (χ1) is 12.7. The van der Waals surface area contributed by atoms with Crippen molar-refractivity contribution in [2.75, 3.05) is 26.2 Å². The highest BCUT2D eigenvalue weighted by molar-refractivity contribution is 6.05. The number of rotatable bonds is 7. The quantitative estimate of drug-likeness (QED) is 0.667. The van der Waals surface area contributed by atoms with Crippen LogP contribution in [0.1, 0.15) is 28.9 Å². The molecule has 1 aliphatic rings. The predicted molar refractivity (Wildman–Crippen MR) is 101 cm³/mol. The van der Waals surface area contributed by atoms with E-state index in [0.717, 1.165) is 25.3 Å². The number of hydrogen-bond donors (Lipinski definition) is 3. The van der Waals surface area contributed by atoms with Gasteiger partial charge in [0.25, 0.3) is 11.8 Å². The van der Waals surface area contributed by atoms with Gasteiger partial charge in [-0.15, -0.1) is 0 Å². The highest BCUT2D eigenvalue weighted by Crippen LogP contribution is 2.07. The van der Waals surface area contributed by atoms with Gasteiger partial charge in [0.05, 0.1) is 0 Å². The van der Waals surface area contributed by atoms with Gasteiger partial charge in [-0.3, -0.25) is 9.59 Å². The topological polar surface area (TPSA) is 77.2 Å². The van der Waals surface area contributed by atoms with Crippen LogP contribution in [0, 0.1) is 0 Å². The van der Waals surface area contributed by atoms with E-state index >= 15 is 0 Å². The summed E-state index contributed by atoms with van der Waals surface area (Å²) in [5.41, 5.74) is 1.49. The molecule has 1 aromatic carbocycles. The largest absolute Gasteiger partial charge is 0.362 e. The van der Waals surface area contributed by atoms with Gasteiger partial charge in [0.2, 0.25) is 0 Å². The maximum Gasteiger partial charge on any atom is 0.267 e. The van der Waals surface area contributed by atoms with Gasteiger partial charge in [0.1, 0.15) is 5.70 Å². The molecule has 3 rings (SSSR count). The van der Waals surface area contributed by atoms with E-state index < -0.39 is 0 Å². The number of aromatic amines is 1. The van der Waals surface area contributed by atoms with Crippen LogP contribution in [0.2, 0.25) is 0 Å². The Labute approximate surface area is 153 Å². The Bertz CT molecular complexity index is 747. The highest BCUT2D eigenvalue weighted by atomic mass is 16.2. The van der Waals surface area contributed by atoms with Crippen LogP contribution in [0.15, 0.2) is 54.4 Å². The first kappa shape index (κ1) is 17.9. The summed E-state index contributed by atoms with van der Waals surface area (Å²) in [7, 11) is 0. The van der Waals surface area contributed by atoms with E-state index in [2.05, 4.69) is 20.5 Å². The van der Waals surface area contributed by atoms with Crippen molar-refractivity contribution in [1.82, 2.24) is 20.5 Å². The van der Waals surface area contributed by atoms with E-state index in [4.69, 9.17) is 0 Å². The number of benzene rings is 1. The van der Waals surface area contributed by atoms with Gasteiger partial charge in [0.15, 0.2) is 0 Å². The molecule has 0 saturated carbocycles. The summed E-state index contributed by atoms with van der Waals surface area (Å²) in [4.78, 5) is 30.4. The van der Waals surface area contributed by atoms with Crippen LogP contribution in [0.5, 0.6) is 0 Å². The summed E-state index contributed by atoms with van der Waals surface area (Å²) in [6.07, 6.45) is 5.86. The van der Waals surface area contributed by atoms with Crippen molar-refractivity contribution >= 4 is 17.9 Å². The number of carbonyl (C=O) groups is 2. The van der Waals surface area contributed by atoms with Crippen molar-refractivity contribution in [2.24, 2.45) is 0 Å². The molecule has 1 fully saturated rings. The molecule has 3 N–H and O–H groups in total. The minimum atomic E-state index is -0.307. The molecule has 0 spiro atoms. The number of aromatic nitrogens is 1. The molecule has 1 aromatic heterocycles. The van der Waals surface area contributed by atoms with Crippen LogP contribution in [0.25, 0.3) is 6.08 Å². The fraction of sp³-hybridized carbons (Fsp3) is 0.300. The lowest BCUT2D eigenvalue weighted by molar-refractivity contribution is -0.117. The van der Waals surface area contributed by atoms with E-state index in [1.165, 1.54) is 12.8 Å². The van der Waals surface area contributed by atoms with Crippen molar-refractivity contribution in [3.05, 3.63) is 65.6 Å². The van der Waals surface area contributed by atoms with E-state index in [0.29, 0.717) is 12.1 Å². The molecule has 2 heterocycles. The third-order valence-corrected chi connectivity index (χ3v) is 4.36. The van der Waals surface area contributed by atoms with Crippen LogP contribution in [0.4, 0.5) is 0 Å². The first-order valence-corrected chi connectivity index (χ1v) is 8.94. The molecule has 6 heteroatoms. The molecule has 26 heavy (non-hydrogen) atoms. The Morgan fingerprint density at radius 2 is 1.85 bits per heavy atom. The number of amides is 2. The average Bonchev–Trinajstić information content (AvgIpc) is 3.36. The standard InChI is InChI=1S/C20H24N4O2/c25-19(16-7-2-1-3-8-16)23-18(15-17-9-6-10-21-17)20(26)22-11-14-24-12-4-5-13-24/h1-3,6-10,15,21H,4-5,11-14H2,(H,22,26)(H,23,25). The molecule has 0 bridgehead atoms. The molecule has 0 radical (unpaired) electrons. The molecule has 2 amide bonds. The zero-order valence-electron chi connectivity index (χ0n) is 14.7. The van der Waals surface area contributed by atoms with Gasteiger partial charge in [-0.05, 0) is 56.3 Å². The van der Waals surface area contributed by atoms with Crippen molar-refractivity contribution in [2.45, 2.75) is 12.8 Å². The number of nitrogens with one attached hydrogen (secondary N) is 3. The number of H-pyrrole nitrogens is 1. The molecule has 0 unspecified atom stereocenters. The average molecular weight is 352 g/mol. The Morgan fingerprint density at radius 1 is 1.08 bits per heavy atom. The lowest BCUT2D eigenvalue weighted by Crippen LogP contribution is -2.38. The highest BCUT2D eigenvalue weighted by Gasteiger charge is 2.16. The zero-order valence-corrected chi connectivity index (χ0v) is 14.7. The normalized spacial score (nSPS) is 15.0. The minimum absolute atomic E-state index is 0.225. The smallest absolute Gasteiger partial charge is 0.267 e. The summed E-state index contributed by atoms with van der Waals surface area (Å²) in [6, 6.07) is 12.5. The third-order valence-electron chi connectivity index (χ3n) is 4.36. The fourth-order valence-corrected chi connectivity index (χ4v) is 2.96. The second kappa shape index (κ2) is 9.01.